The zero-order chi connectivity index (χ0) is 25.8. The molecular weight excluding hydrogens is 461 g/mol. The van der Waals surface area contributed by atoms with Crippen molar-refractivity contribution in [2.75, 3.05) is 29.1 Å². The molecule has 0 radical (unpaired) electrons. The fourth-order valence-electron chi connectivity index (χ4n) is 3.61. The van der Waals surface area contributed by atoms with Crippen molar-refractivity contribution in [2.45, 2.75) is 53.4 Å². The number of pyridine rings is 1. The highest BCUT2D eigenvalue weighted by Gasteiger charge is 2.32. The third-order valence-corrected chi connectivity index (χ3v) is 5.24. The zero-order valence-electron chi connectivity index (χ0n) is 20.4. The van der Waals surface area contributed by atoms with Crippen LogP contribution in [0.15, 0.2) is 24.5 Å². The predicted molar refractivity (Wildman–Crippen MR) is 127 cm³/mol. The molecule has 4 heterocycles. The summed E-state index contributed by atoms with van der Waals surface area (Å²) in [4.78, 5) is 26.2. The molecule has 0 unspecified atom stereocenters. The second kappa shape index (κ2) is 10.7. The van der Waals surface area contributed by atoms with Crippen LogP contribution in [-0.4, -0.2) is 44.2 Å². The van der Waals surface area contributed by atoms with E-state index in [1.807, 2.05) is 20.0 Å². The minimum absolute atomic E-state index is 0.112. The van der Waals surface area contributed by atoms with E-state index in [0.717, 1.165) is 11.6 Å². The summed E-state index contributed by atoms with van der Waals surface area (Å²) < 4.78 is 40.4. The predicted octanol–water partition coefficient (Wildman–Crippen LogP) is 4.03. The van der Waals surface area contributed by atoms with Crippen molar-refractivity contribution >= 4 is 23.4 Å². The molecule has 0 atom stereocenters. The summed E-state index contributed by atoms with van der Waals surface area (Å²) in [5, 5.41) is 10.3. The standard InChI is InChI=1S/C21H23F3N8O.C2H6/c1-4-15-14(5-6-16(28-15)21(22,23)24)10-32-9-13(8-26-32)7-25-20-27-12(2)18-19(30-20)31(3)11-17(33)29-18;1-2/h5-6,8-9H,4,7,10-11H2,1-3H3,(H,29,33)(H,25,27,30);1-2H3. The summed E-state index contributed by atoms with van der Waals surface area (Å²) in [6.45, 7) is 8.50. The maximum Gasteiger partial charge on any atom is 0.433 e. The highest BCUT2D eigenvalue weighted by molar-refractivity contribution is 6.00. The van der Waals surface area contributed by atoms with Crippen LogP contribution in [-0.2, 0) is 30.5 Å². The van der Waals surface area contributed by atoms with Crippen molar-refractivity contribution in [3.63, 3.8) is 0 Å². The number of nitrogens with zero attached hydrogens (tertiary/aromatic N) is 6. The van der Waals surface area contributed by atoms with Crippen molar-refractivity contribution in [3.05, 3.63) is 52.7 Å². The summed E-state index contributed by atoms with van der Waals surface area (Å²) in [6.07, 6.45) is -0.598. The Hall–Kier alpha value is -3.70. The summed E-state index contributed by atoms with van der Waals surface area (Å²) in [6, 6.07) is 2.45. The van der Waals surface area contributed by atoms with Gasteiger partial charge in [-0.3, -0.25) is 9.48 Å². The lowest BCUT2D eigenvalue weighted by atomic mass is 10.1. The van der Waals surface area contributed by atoms with E-state index in [0.29, 0.717) is 53.9 Å². The highest BCUT2D eigenvalue weighted by Crippen LogP contribution is 2.30. The average Bonchev–Trinajstić information content (AvgIpc) is 3.26. The third-order valence-electron chi connectivity index (χ3n) is 5.24. The second-order valence-corrected chi connectivity index (χ2v) is 7.79. The fourth-order valence-corrected chi connectivity index (χ4v) is 3.61. The van der Waals surface area contributed by atoms with E-state index in [1.165, 1.54) is 6.07 Å². The van der Waals surface area contributed by atoms with Gasteiger partial charge in [0, 0.05) is 31.0 Å². The number of hydrogen-bond acceptors (Lipinski definition) is 7. The molecule has 2 N–H and O–H groups in total. The van der Waals surface area contributed by atoms with Crippen LogP contribution < -0.4 is 15.5 Å². The number of anilines is 3. The van der Waals surface area contributed by atoms with Crippen molar-refractivity contribution in [2.24, 2.45) is 0 Å². The Labute approximate surface area is 201 Å². The molecule has 4 rings (SSSR count). The number of fused-ring (bicyclic) bond motifs is 1. The number of alkyl halides is 3. The molecule has 0 saturated carbocycles. The molecule has 0 spiro atoms. The summed E-state index contributed by atoms with van der Waals surface area (Å²) in [5.74, 6) is 0.948. The normalized spacial score (nSPS) is 13.0. The Morgan fingerprint density at radius 3 is 2.60 bits per heavy atom. The SMILES string of the molecule is CC.CCc1nc(C(F)(F)F)ccc1Cn1cc(CNc2nc(C)c3c(n2)N(C)CC(=O)N3)cn1. The largest absolute Gasteiger partial charge is 0.433 e. The Morgan fingerprint density at radius 2 is 1.91 bits per heavy atom. The second-order valence-electron chi connectivity index (χ2n) is 7.79. The molecule has 1 aliphatic rings. The molecule has 0 saturated heterocycles. The van der Waals surface area contributed by atoms with Gasteiger partial charge < -0.3 is 15.5 Å². The van der Waals surface area contributed by atoms with Crippen LogP contribution >= 0.6 is 0 Å². The number of nitrogens with one attached hydrogen (secondary N) is 2. The molecule has 0 bridgehead atoms. The van der Waals surface area contributed by atoms with Gasteiger partial charge in [0.15, 0.2) is 5.82 Å². The first-order chi connectivity index (χ1) is 16.6. The Balaban J connectivity index is 0.00000167. The lowest BCUT2D eigenvalue weighted by Crippen LogP contribution is -2.36. The molecule has 3 aromatic rings. The van der Waals surface area contributed by atoms with Gasteiger partial charge >= 0.3 is 6.18 Å². The van der Waals surface area contributed by atoms with Gasteiger partial charge in [0.1, 0.15) is 11.4 Å². The number of aromatic nitrogens is 5. The number of rotatable bonds is 6. The van der Waals surface area contributed by atoms with Crippen LogP contribution in [0.3, 0.4) is 0 Å². The Morgan fingerprint density at radius 1 is 1.17 bits per heavy atom. The summed E-state index contributed by atoms with van der Waals surface area (Å²) in [7, 11) is 1.79. The van der Waals surface area contributed by atoms with Crippen molar-refractivity contribution < 1.29 is 18.0 Å². The molecule has 9 nitrogen and oxygen atoms in total. The van der Waals surface area contributed by atoms with E-state index in [9.17, 15) is 18.0 Å². The van der Waals surface area contributed by atoms with E-state index in [4.69, 9.17) is 0 Å². The maximum absolute atomic E-state index is 12.9. The molecule has 3 aromatic heterocycles. The molecule has 35 heavy (non-hydrogen) atoms. The van der Waals surface area contributed by atoms with E-state index in [-0.39, 0.29) is 12.5 Å². The number of hydrogen-bond donors (Lipinski definition) is 2. The Kier molecular flexibility index (Phi) is 7.92. The number of carbonyl (C=O) groups is 1. The molecule has 0 aromatic carbocycles. The molecule has 188 valence electrons. The lowest BCUT2D eigenvalue weighted by molar-refractivity contribution is -0.141. The van der Waals surface area contributed by atoms with E-state index in [1.54, 1.807) is 36.7 Å². The monoisotopic (exact) mass is 490 g/mol. The fraction of sp³-hybridized carbons (Fsp3) is 0.435. The smallest absolute Gasteiger partial charge is 0.350 e. The first kappa shape index (κ1) is 25.9. The number of carbonyl (C=O) groups excluding carboxylic acids is 1. The van der Waals surface area contributed by atoms with Gasteiger partial charge in [0.05, 0.1) is 25.0 Å². The first-order valence-electron chi connectivity index (χ1n) is 11.3. The van der Waals surface area contributed by atoms with Crippen LogP contribution in [0.4, 0.5) is 30.6 Å². The van der Waals surface area contributed by atoms with Gasteiger partial charge in [-0.2, -0.15) is 23.3 Å². The molecule has 0 aliphatic carbocycles. The number of halogens is 3. The number of likely N-dealkylation sites (N-methyl/N-ethyl adjacent to an activating group) is 1. The van der Waals surface area contributed by atoms with E-state index < -0.39 is 11.9 Å². The lowest BCUT2D eigenvalue weighted by Gasteiger charge is -2.27. The van der Waals surface area contributed by atoms with Crippen LogP contribution in [0, 0.1) is 6.92 Å². The minimum Gasteiger partial charge on any atom is -0.350 e. The maximum atomic E-state index is 12.9. The van der Waals surface area contributed by atoms with Gasteiger partial charge in [-0.25, -0.2) is 9.97 Å². The molecular formula is C23H29F3N8O. The van der Waals surface area contributed by atoms with Gasteiger partial charge in [0.2, 0.25) is 11.9 Å². The molecule has 0 fully saturated rings. The summed E-state index contributed by atoms with van der Waals surface area (Å²) >= 11 is 0. The first-order valence-corrected chi connectivity index (χ1v) is 11.3. The van der Waals surface area contributed by atoms with Crippen molar-refractivity contribution in [1.82, 2.24) is 24.7 Å². The third kappa shape index (κ3) is 6.06. The molecule has 1 amide bonds. The quantitative estimate of drug-likeness (QED) is 0.538. The minimum atomic E-state index is -4.47. The molecule has 1 aliphatic heterocycles. The van der Waals surface area contributed by atoms with Gasteiger partial charge in [-0.1, -0.05) is 26.8 Å². The van der Waals surface area contributed by atoms with Gasteiger partial charge in [-0.05, 0) is 25.0 Å². The van der Waals surface area contributed by atoms with Gasteiger partial charge in [0.25, 0.3) is 0 Å². The van der Waals surface area contributed by atoms with Crippen LogP contribution in [0.2, 0.25) is 0 Å². The topological polar surface area (TPSA) is 101 Å². The van der Waals surface area contributed by atoms with Crippen LogP contribution in [0.1, 0.15) is 49.0 Å². The summed E-state index contributed by atoms with van der Waals surface area (Å²) in [5.41, 5.74) is 2.30. The van der Waals surface area contributed by atoms with Crippen molar-refractivity contribution in [1.29, 1.82) is 0 Å². The molecule has 12 heteroatoms. The van der Waals surface area contributed by atoms with Crippen LogP contribution in [0.25, 0.3) is 0 Å². The highest BCUT2D eigenvalue weighted by atomic mass is 19.4. The van der Waals surface area contributed by atoms with E-state index >= 15 is 0 Å². The van der Waals surface area contributed by atoms with Gasteiger partial charge in [-0.15, -0.1) is 0 Å². The van der Waals surface area contributed by atoms with Crippen molar-refractivity contribution in [3.8, 4) is 0 Å². The van der Waals surface area contributed by atoms with E-state index in [2.05, 4.69) is 30.7 Å². The Bertz CT molecular complexity index is 1190. The average molecular weight is 491 g/mol. The van der Waals surface area contributed by atoms with Crippen LogP contribution in [0.5, 0.6) is 0 Å². The number of amides is 1. The zero-order valence-corrected chi connectivity index (χ0v) is 20.4. The number of aryl methyl sites for hydroxylation is 2.